The number of rotatable bonds is 2. The Kier molecular flexibility index (Phi) is 4.09. The number of alkyl halides is 4. The van der Waals surface area contributed by atoms with E-state index in [1.807, 2.05) is 0 Å². The lowest BCUT2D eigenvalue weighted by atomic mass is 9.84. The van der Waals surface area contributed by atoms with Crippen LogP contribution in [0.3, 0.4) is 0 Å². The van der Waals surface area contributed by atoms with Crippen LogP contribution >= 0.6 is 69.6 Å². The van der Waals surface area contributed by atoms with Crippen LogP contribution in [0.4, 0.5) is 11.4 Å². The second-order valence-corrected chi connectivity index (χ2v) is 9.65. The van der Waals surface area contributed by atoms with Gasteiger partial charge < -0.3 is 0 Å². The third-order valence-corrected chi connectivity index (χ3v) is 9.47. The zero-order chi connectivity index (χ0) is 20.1. The lowest BCUT2D eigenvalue weighted by molar-refractivity contribution is -0.384. The van der Waals surface area contributed by atoms with Crippen molar-refractivity contribution in [1.29, 1.82) is 0 Å². The summed E-state index contributed by atoms with van der Waals surface area (Å²) in [5.74, 6) is -4.10. The summed E-state index contributed by atoms with van der Waals surface area (Å²) in [6.07, 6.45) is 0. The molecule has 0 aromatic heterocycles. The molecule has 2 fully saturated rings. The number of non-ortho nitro benzene ring substituents is 1. The normalized spacial score (nSPS) is 36.6. The number of nitro benzene ring substituents is 1. The Morgan fingerprint density at radius 2 is 1.44 bits per heavy atom. The van der Waals surface area contributed by atoms with Gasteiger partial charge in [0.05, 0.1) is 32.5 Å². The summed E-state index contributed by atoms with van der Waals surface area (Å²) in [5.41, 5.74) is -0.303. The Hall–Kier alpha value is -0.760. The Labute approximate surface area is 182 Å². The first kappa shape index (κ1) is 19.6. The highest BCUT2D eigenvalue weighted by Gasteiger charge is 2.87. The number of nitro groups is 1. The maximum absolute atomic E-state index is 13.1. The van der Waals surface area contributed by atoms with Crippen molar-refractivity contribution in [3.05, 3.63) is 44.4 Å². The molecule has 0 N–H and O–H groups in total. The smallest absolute Gasteiger partial charge is 0.271 e. The number of nitrogens with zero attached hydrogens (tertiary/aromatic N) is 2. The summed E-state index contributed by atoms with van der Waals surface area (Å²) >= 11 is 38.3. The van der Waals surface area contributed by atoms with E-state index in [0.717, 1.165) is 11.0 Å². The minimum absolute atomic E-state index is 0.00415. The SMILES string of the molecule is O=C1[C@H]2[C@H](C(=O)N1c1cccc([N+](=O)[O-])c1)[C@]1(Cl)C(Cl)=C(Cl)[C@]2(Cl)C1(Cl)Cl. The third kappa shape index (κ3) is 1.97. The van der Waals surface area contributed by atoms with Gasteiger partial charge in [0.1, 0.15) is 9.75 Å². The molecule has 4 atom stereocenters. The Morgan fingerprint density at radius 1 is 0.963 bits per heavy atom. The monoisotopic (exact) mass is 488 g/mol. The number of anilines is 1. The van der Waals surface area contributed by atoms with Gasteiger partial charge in [0.15, 0.2) is 4.33 Å². The van der Waals surface area contributed by atoms with Gasteiger partial charge in [0.25, 0.3) is 5.69 Å². The summed E-state index contributed by atoms with van der Waals surface area (Å²) in [6.45, 7) is 0. The Morgan fingerprint density at radius 3 is 1.89 bits per heavy atom. The topological polar surface area (TPSA) is 80.5 Å². The highest BCUT2D eigenvalue weighted by Crippen LogP contribution is 2.77. The summed E-state index contributed by atoms with van der Waals surface area (Å²) in [5, 5.41) is 10.6. The van der Waals surface area contributed by atoms with Crippen LogP contribution in [-0.2, 0) is 9.59 Å². The number of carbonyl (C=O) groups excluding carboxylic acids is 2. The maximum Gasteiger partial charge on any atom is 0.271 e. The molecule has 0 unspecified atom stereocenters. The van der Waals surface area contributed by atoms with Gasteiger partial charge in [-0.1, -0.05) is 52.5 Å². The van der Waals surface area contributed by atoms with Crippen LogP contribution in [0.2, 0.25) is 0 Å². The zero-order valence-electron chi connectivity index (χ0n) is 12.8. The van der Waals surface area contributed by atoms with Gasteiger partial charge in [0.2, 0.25) is 11.8 Å². The number of imide groups is 1. The van der Waals surface area contributed by atoms with Gasteiger partial charge in [-0.15, -0.1) is 23.2 Å². The third-order valence-electron chi connectivity index (χ3n) is 5.21. The van der Waals surface area contributed by atoms with Gasteiger partial charge in [-0.05, 0) is 6.07 Å². The first-order valence-electron chi connectivity index (χ1n) is 7.36. The predicted octanol–water partition coefficient (Wildman–Crippen LogP) is 4.55. The molecule has 1 saturated heterocycles. The summed E-state index contributed by atoms with van der Waals surface area (Å²) in [4.78, 5) is 33.5. The molecular weight excluding hydrogens is 485 g/mol. The lowest BCUT2D eigenvalue weighted by Gasteiger charge is -2.34. The number of hydrogen-bond donors (Lipinski definition) is 0. The molecule has 2 bridgehead atoms. The number of allylic oxidation sites excluding steroid dienone is 2. The highest BCUT2D eigenvalue weighted by atomic mass is 35.5. The molecule has 0 spiro atoms. The molecule has 1 heterocycles. The van der Waals surface area contributed by atoms with E-state index >= 15 is 0 Å². The molecule has 2 aliphatic carbocycles. The van der Waals surface area contributed by atoms with Gasteiger partial charge in [-0.3, -0.25) is 19.7 Å². The largest absolute Gasteiger partial charge is 0.274 e. The van der Waals surface area contributed by atoms with Crippen molar-refractivity contribution < 1.29 is 14.5 Å². The van der Waals surface area contributed by atoms with E-state index in [9.17, 15) is 19.7 Å². The molecule has 1 aromatic carbocycles. The van der Waals surface area contributed by atoms with Crippen molar-refractivity contribution in [2.75, 3.05) is 4.90 Å². The Balaban J connectivity index is 1.89. The average Bonchev–Trinajstić information content (AvgIpc) is 2.99. The van der Waals surface area contributed by atoms with E-state index in [2.05, 4.69) is 0 Å². The molecular formula is C15H6Cl6N2O4. The van der Waals surface area contributed by atoms with E-state index < -0.39 is 42.7 Å². The van der Waals surface area contributed by atoms with Crippen molar-refractivity contribution in [3.63, 3.8) is 0 Å². The van der Waals surface area contributed by atoms with E-state index in [1.54, 1.807) is 0 Å². The molecule has 1 aromatic rings. The number of amides is 2. The van der Waals surface area contributed by atoms with E-state index in [1.165, 1.54) is 18.2 Å². The van der Waals surface area contributed by atoms with E-state index in [-0.39, 0.29) is 21.4 Å². The van der Waals surface area contributed by atoms with Crippen molar-refractivity contribution in [2.24, 2.45) is 11.8 Å². The van der Waals surface area contributed by atoms with Crippen molar-refractivity contribution >= 4 is 92.8 Å². The number of carbonyl (C=O) groups is 2. The Bertz CT molecular complexity index is 935. The summed E-state index contributed by atoms with van der Waals surface area (Å²) in [7, 11) is 0. The van der Waals surface area contributed by atoms with Gasteiger partial charge >= 0.3 is 0 Å². The number of benzene rings is 1. The van der Waals surface area contributed by atoms with Crippen LogP contribution < -0.4 is 4.90 Å². The zero-order valence-corrected chi connectivity index (χ0v) is 17.3. The quantitative estimate of drug-likeness (QED) is 0.264. The molecule has 1 aliphatic heterocycles. The molecule has 3 aliphatic rings. The van der Waals surface area contributed by atoms with Crippen LogP contribution in [-0.4, -0.2) is 30.8 Å². The van der Waals surface area contributed by atoms with Gasteiger partial charge in [-0.25, -0.2) is 4.90 Å². The van der Waals surface area contributed by atoms with Crippen LogP contribution in [0.5, 0.6) is 0 Å². The standard InChI is InChI=1S/C15H6Cl6N2O4/c16-9-10(17)14(19)8-7(13(9,18)15(14,20)21)11(24)22(12(8)25)5-2-1-3-6(4-5)23(26)27/h1-4,7-8H/t7-,8-,13+,14+/m1/s1. The van der Waals surface area contributed by atoms with Crippen molar-refractivity contribution in [1.82, 2.24) is 0 Å². The van der Waals surface area contributed by atoms with Crippen LogP contribution in [0.25, 0.3) is 0 Å². The summed E-state index contributed by atoms with van der Waals surface area (Å²) < 4.78 is -2.02. The molecule has 1 saturated carbocycles. The van der Waals surface area contributed by atoms with Crippen LogP contribution in [0, 0.1) is 22.0 Å². The number of fused-ring (bicyclic) bond motifs is 5. The molecule has 4 rings (SSSR count). The van der Waals surface area contributed by atoms with Crippen molar-refractivity contribution in [2.45, 2.75) is 14.1 Å². The minimum atomic E-state index is -2.02. The minimum Gasteiger partial charge on any atom is -0.274 e. The first-order chi connectivity index (χ1) is 12.4. The first-order valence-corrected chi connectivity index (χ1v) is 9.63. The average molecular weight is 491 g/mol. The van der Waals surface area contributed by atoms with E-state index in [0.29, 0.717) is 0 Å². The fourth-order valence-corrected chi connectivity index (χ4v) is 6.92. The fraction of sp³-hybridized carbons (Fsp3) is 0.333. The second-order valence-electron chi connectivity index (χ2n) is 6.37. The molecule has 27 heavy (non-hydrogen) atoms. The van der Waals surface area contributed by atoms with Crippen molar-refractivity contribution in [3.8, 4) is 0 Å². The molecule has 2 amide bonds. The molecule has 0 radical (unpaired) electrons. The second kappa shape index (κ2) is 5.65. The predicted molar refractivity (Wildman–Crippen MR) is 103 cm³/mol. The van der Waals surface area contributed by atoms with Gasteiger partial charge in [-0.2, -0.15) is 0 Å². The number of halogens is 6. The summed E-state index contributed by atoms with van der Waals surface area (Å²) in [6, 6.07) is 5.03. The molecule has 12 heteroatoms. The highest BCUT2D eigenvalue weighted by molar-refractivity contribution is 6.67. The van der Waals surface area contributed by atoms with Crippen LogP contribution in [0.1, 0.15) is 0 Å². The molecule has 142 valence electrons. The van der Waals surface area contributed by atoms with Crippen LogP contribution in [0.15, 0.2) is 34.3 Å². The maximum atomic E-state index is 13.1. The fourth-order valence-electron chi connectivity index (χ4n) is 4.00. The molecule has 6 nitrogen and oxygen atoms in total. The number of hydrogen-bond acceptors (Lipinski definition) is 4. The van der Waals surface area contributed by atoms with Gasteiger partial charge in [0, 0.05) is 12.1 Å². The lowest BCUT2D eigenvalue weighted by Crippen LogP contribution is -2.50. The van der Waals surface area contributed by atoms with E-state index in [4.69, 9.17) is 69.6 Å².